The summed E-state index contributed by atoms with van der Waals surface area (Å²) in [5.74, 6) is -0.332. The van der Waals surface area contributed by atoms with Gasteiger partial charge in [-0.15, -0.1) is 0 Å². The highest BCUT2D eigenvalue weighted by molar-refractivity contribution is 5.95. The van der Waals surface area contributed by atoms with Crippen LogP contribution in [0.1, 0.15) is 6.42 Å². The van der Waals surface area contributed by atoms with Crippen LogP contribution in [0.3, 0.4) is 0 Å². The topological polar surface area (TPSA) is 55.5 Å². The monoisotopic (exact) mass is 124 g/mol. The minimum atomic E-state index is -0.332. The first-order chi connectivity index (χ1) is 4.30. The van der Waals surface area contributed by atoms with Gasteiger partial charge < -0.3 is 5.73 Å². The molecule has 2 N–H and O–H groups in total. The lowest BCUT2D eigenvalue weighted by Gasteiger charge is -2.01. The summed E-state index contributed by atoms with van der Waals surface area (Å²) in [6.45, 7) is 0.596. The van der Waals surface area contributed by atoms with E-state index in [0.29, 0.717) is 18.5 Å². The highest BCUT2D eigenvalue weighted by atomic mass is 16.1. The van der Waals surface area contributed by atoms with Crippen molar-refractivity contribution < 1.29 is 4.79 Å². The zero-order chi connectivity index (χ0) is 6.69. The van der Waals surface area contributed by atoms with Crippen LogP contribution in [0.5, 0.6) is 0 Å². The minimum absolute atomic E-state index is 0.332. The molecule has 0 aliphatic carbocycles. The Bertz CT molecular complexity index is 181. The number of primary amides is 1. The predicted molar refractivity (Wildman–Crippen MR) is 35.3 cm³/mol. The molecule has 1 aliphatic rings. The predicted octanol–water partition coefficient (Wildman–Crippen LogP) is -0.127. The fourth-order valence-electron chi connectivity index (χ4n) is 0.685. The van der Waals surface area contributed by atoms with Crippen LogP contribution in [-0.2, 0) is 4.79 Å². The highest BCUT2D eigenvalue weighted by Crippen LogP contribution is 2.01. The summed E-state index contributed by atoms with van der Waals surface area (Å²) in [5.41, 5.74) is 5.67. The van der Waals surface area contributed by atoms with E-state index in [1.165, 1.54) is 0 Å². The van der Waals surface area contributed by atoms with Crippen molar-refractivity contribution in [3.05, 3.63) is 11.6 Å². The van der Waals surface area contributed by atoms with Gasteiger partial charge in [0, 0.05) is 18.2 Å². The van der Waals surface area contributed by atoms with E-state index in [1.54, 1.807) is 12.3 Å². The molecule has 3 nitrogen and oxygen atoms in total. The molecule has 48 valence electrons. The molecule has 0 bridgehead atoms. The molecule has 0 aromatic carbocycles. The Hall–Kier alpha value is -1.12. The number of dihydropyridines is 1. The quantitative estimate of drug-likeness (QED) is 0.520. The molecule has 1 amide bonds. The van der Waals surface area contributed by atoms with Gasteiger partial charge in [0.25, 0.3) is 0 Å². The van der Waals surface area contributed by atoms with Crippen molar-refractivity contribution in [2.75, 3.05) is 6.54 Å². The van der Waals surface area contributed by atoms with E-state index in [0.717, 1.165) is 0 Å². The zero-order valence-corrected chi connectivity index (χ0v) is 5.00. The van der Waals surface area contributed by atoms with Crippen LogP contribution in [0.15, 0.2) is 16.6 Å². The number of aliphatic imine (C=N–C) groups is 1. The molecule has 0 aromatic heterocycles. The number of carbonyl (C=O) groups is 1. The van der Waals surface area contributed by atoms with Crippen molar-refractivity contribution >= 4 is 12.1 Å². The molecular weight excluding hydrogens is 116 g/mol. The maximum absolute atomic E-state index is 10.4. The first kappa shape index (κ1) is 6.01. The molecule has 0 radical (unpaired) electrons. The van der Waals surface area contributed by atoms with Gasteiger partial charge in [-0.3, -0.25) is 9.79 Å². The van der Waals surface area contributed by atoms with Crippen LogP contribution in [0.25, 0.3) is 0 Å². The minimum Gasteiger partial charge on any atom is -0.366 e. The zero-order valence-electron chi connectivity index (χ0n) is 5.00. The molecule has 0 aromatic rings. The molecule has 3 heteroatoms. The van der Waals surface area contributed by atoms with Crippen molar-refractivity contribution in [1.82, 2.24) is 0 Å². The molecular formula is C6H8N2O. The second kappa shape index (κ2) is 2.44. The molecule has 1 rings (SSSR count). The SMILES string of the molecule is NC(=O)C1=CCN=CC1. The highest BCUT2D eigenvalue weighted by Gasteiger charge is 2.03. The summed E-state index contributed by atoms with van der Waals surface area (Å²) in [6.07, 6.45) is 4.05. The van der Waals surface area contributed by atoms with Crippen molar-refractivity contribution in [2.45, 2.75) is 6.42 Å². The number of nitrogens with two attached hydrogens (primary N) is 1. The summed E-state index contributed by atoms with van der Waals surface area (Å²) in [6, 6.07) is 0. The van der Waals surface area contributed by atoms with E-state index in [1.807, 2.05) is 0 Å². The average molecular weight is 124 g/mol. The molecule has 0 spiro atoms. The first-order valence-electron chi connectivity index (χ1n) is 2.78. The van der Waals surface area contributed by atoms with Gasteiger partial charge in [0.15, 0.2) is 0 Å². The standard InChI is InChI=1S/C6H8N2O/c7-6(9)5-1-3-8-4-2-5/h1,4H,2-3H2,(H2,7,9). The van der Waals surface area contributed by atoms with Crippen molar-refractivity contribution in [1.29, 1.82) is 0 Å². The smallest absolute Gasteiger partial charge is 0.244 e. The fourth-order valence-corrected chi connectivity index (χ4v) is 0.685. The summed E-state index contributed by atoms with van der Waals surface area (Å²) in [4.78, 5) is 14.3. The Morgan fingerprint density at radius 2 is 2.56 bits per heavy atom. The van der Waals surface area contributed by atoms with Crippen molar-refractivity contribution in [3.8, 4) is 0 Å². The first-order valence-corrected chi connectivity index (χ1v) is 2.78. The molecule has 1 aliphatic heterocycles. The average Bonchev–Trinajstić information content (AvgIpc) is 1.90. The third kappa shape index (κ3) is 1.38. The number of amides is 1. The van der Waals surface area contributed by atoms with Crippen LogP contribution in [-0.4, -0.2) is 18.7 Å². The maximum atomic E-state index is 10.4. The van der Waals surface area contributed by atoms with Gasteiger partial charge in [-0.05, 0) is 0 Å². The third-order valence-electron chi connectivity index (χ3n) is 1.20. The lowest BCUT2D eigenvalue weighted by Crippen LogP contribution is -2.15. The van der Waals surface area contributed by atoms with Crippen LogP contribution in [0.4, 0.5) is 0 Å². The van der Waals surface area contributed by atoms with Gasteiger partial charge in [-0.1, -0.05) is 6.08 Å². The Morgan fingerprint density at radius 3 is 2.89 bits per heavy atom. The second-order valence-electron chi connectivity index (χ2n) is 1.85. The number of carbonyl (C=O) groups excluding carboxylic acids is 1. The van der Waals surface area contributed by atoms with Gasteiger partial charge in [0.05, 0.1) is 6.54 Å². The number of rotatable bonds is 1. The summed E-state index contributed by atoms with van der Waals surface area (Å²) in [5, 5.41) is 0. The van der Waals surface area contributed by atoms with E-state index in [9.17, 15) is 4.79 Å². The molecule has 0 fully saturated rings. The molecule has 0 atom stereocenters. The molecule has 0 saturated carbocycles. The normalized spacial score (nSPS) is 17.1. The molecule has 9 heavy (non-hydrogen) atoms. The van der Waals surface area contributed by atoms with Gasteiger partial charge in [-0.2, -0.15) is 0 Å². The second-order valence-corrected chi connectivity index (χ2v) is 1.85. The fraction of sp³-hybridized carbons (Fsp3) is 0.333. The number of hydrogen-bond acceptors (Lipinski definition) is 2. The molecule has 1 heterocycles. The van der Waals surface area contributed by atoms with Crippen LogP contribution < -0.4 is 5.73 Å². The Morgan fingerprint density at radius 1 is 1.78 bits per heavy atom. The van der Waals surface area contributed by atoms with Crippen LogP contribution >= 0.6 is 0 Å². The van der Waals surface area contributed by atoms with Crippen LogP contribution in [0, 0.1) is 0 Å². The largest absolute Gasteiger partial charge is 0.366 e. The van der Waals surface area contributed by atoms with Gasteiger partial charge in [0.1, 0.15) is 0 Å². The van der Waals surface area contributed by atoms with E-state index >= 15 is 0 Å². The Labute approximate surface area is 53.3 Å². The number of nitrogens with zero attached hydrogens (tertiary/aromatic N) is 1. The van der Waals surface area contributed by atoms with Gasteiger partial charge >= 0.3 is 0 Å². The lowest BCUT2D eigenvalue weighted by molar-refractivity contribution is -0.114. The Kier molecular flexibility index (Phi) is 1.63. The Balaban J connectivity index is 2.61. The van der Waals surface area contributed by atoms with E-state index in [-0.39, 0.29) is 5.91 Å². The van der Waals surface area contributed by atoms with Crippen LogP contribution in [0.2, 0.25) is 0 Å². The van der Waals surface area contributed by atoms with Crippen molar-refractivity contribution in [3.63, 3.8) is 0 Å². The maximum Gasteiger partial charge on any atom is 0.244 e. The summed E-state index contributed by atoms with van der Waals surface area (Å²) in [7, 11) is 0. The van der Waals surface area contributed by atoms with E-state index in [2.05, 4.69) is 4.99 Å². The summed E-state index contributed by atoms with van der Waals surface area (Å²) >= 11 is 0. The van der Waals surface area contributed by atoms with E-state index < -0.39 is 0 Å². The molecule has 0 saturated heterocycles. The molecule has 0 unspecified atom stereocenters. The van der Waals surface area contributed by atoms with Crippen molar-refractivity contribution in [2.24, 2.45) is 10.7 Å². The van der Waals surface area contributed by atoms with Gasteiger partial charge in [0.2, 0.25) is 5.91 Å². The third-order valence-corrected chi connectivity index (χ3v) is 1.20. The number of hydrogen-bond donors (Lipinski definition) is 1. The van der Waals surface area contributed by atoms with Gasteiger partial charge in [-0.25, -0.2) is 0 Å². The van der Waals surface area contributed by atoms with E-state index in [4.69, 9.17) is 5.73 Å². The lowest BCUT2D eigenvalue weighted by atomic mass is 10.1. The summed E-state index contributed by atoms with van der Waals surface area (Å²) < 4.78 is 0.